The first kappa shape index (κ1) is 25.7. The molecule has 0 amide bonds. The molecule has 0 saturated heterocycles. The molecule has 7 heteroatoms. The molecule has 5 aromatic rings. The van der Waals surface area contributed by atoms with E-state index in [4.69, 9.17) is 8.92 Å². The fourth-order valence-corrected chi connectivity index (χ4v) is 5.38. The van der Waals surface area contributed by atoms with Crippen molar-refractivity contribution in [3.8, 4) is 5.75 Å². The van der Waals surface area contributed by atoms with Crippen molar-refractivity contribution in [3.05, 3.63) is 132 Å². The molecule has 0 saturated carbocycles. The van der Waals surface area contributed by atoms with Crippen LogP contribution in [-0.4, -0.2) is 30.8 Å². The lowest BCUT2D eigenvalue weighted by atomic mass is 10.0. The largest absolute Gasteiger partial charge is 0.489 e. The zero-order valence-electron chi connectivity index (χ0n) is 21.0. The van der Waals surface area contributed by atoms with Crippen LogP contribution < -0.4 is 4.74 Å². The summed E-state index contributed by atoms with van der Waals surface area (Å²) < 4.78 is 38.7. The highest BCUT2D eigenvalue weighted by Crippen LogP contribution is 2.31. The van der Waals surface area contributed by atoms with Crippen molar-refractivity contribution in [1.29, 1.82) is 0 Å². The molecular formula is C31H29NO5S. The highest BCUT2D eigenvalue weighted by molar-refractivity contribution is 7.86. The fourth-order valence-electron chi connectivity index (χ4n) is 4.46. The average molecular weight is 528 g/mol. The number of benzene rings is 4. The van der Waals surface area contributed by atoms with E-state index in [1.54, 1.807) is 12.1 Å². The smallest absolute Gasteiger partial charge is 0.297 e. The van der Waals surface area contributed by atoms with Crippen molar-refractivity contribution in [2.45, 2.75) is 30.6 Å². The third kappa shape index (κ3) is 5.81. The zero-order chi connectivity index (χ0) is 26.5. The molecule has 6 nitrogen and oxygen atoms in total. The van der Waals surface area contributed by atoms with Crippen LogP contribution in [0.25, 0.3) is 10.9 Å². The Morgan fingerprint density at radius 3 is 2.24 bits per heavy atom. The third-order valence-corrected chi connectivity index (χ3v) is 7.74. The second kappa shape index (κ2) is 11.2. The molecule has 0 spiro atoms. The van der Waals surface area contributed by atoms with E-state index >= 15 is 0 Å². The number of ether oxygens (including phenoxy) is 1. The fraction of sp³-hybridized carbons (Fsp3) is 0.161. The standard InChI is InChI=1S/C31H29NO5S/c1-23-12-15-28(16-13-23)38(34,35)37-22-30(33)31(25-10-6-3-7-11-25)32-19-18-26-20-27(14-17-29(26)32)36-21-24-8-4-2-5-9-24/h2-20,30-31,33H,21-22H2,1H3/t30-,31+/m1/s1. The number of aromatic nitrogens is 1. The Labute approximate surface area is 222 Å². The molecule has 0 aliphatic rings. The average Bonchev–Trinajstić information content (AvgIpc) is 3.35. The number of aryl methyl sites for hydroxylation is 1. The Kier molecular flexibility index (Phi) is 7.60. The van der Waals surface area contributed by atoms with Gasteiger partial charge in [-0.25, -0.2) is 0 Å². The Hall–Kier alpha value is -3.91. The lowest BCUT2D eigenvalue weighted by Gasteiger charge is -2.26. The van der Waals surface area contributed by atoms with E-state index < -0.39 is 28.9 Å². The molecule has 0 unspecified atom stereocenters. The van der Waals surface area contributed by atoms with E-state index in [1.165, 1.54) is 12.1 Å². The summed E-state index contributed by atoms with van der Waals surface area (Å²) in [5.41, 5.74) is 3.74. The van der Waals surface area contributed by atoms with Gasteiger partial charge >= 0.3 is 0 Å². The molecule has 0 aliphatic carbocycles. The molecule has 1 aromatic heterocycles. The predicted molar refractivity (Wildman–Crippen MR) is 148 cm³/mol. The van der Waals surface area contributed by atoms with Crippen LogP contribution >= 0.6 is 0 Å². The van der Waals surface area contributed by atoms with Gasteiger partial charge in [-0.2, -0.15) is 8.42 Å². The molecule has 2 atom stereocenters. The minimum Gasteiger partial charge on any atom is -0.489 e. The van der Waals surface area contributed by atoms with E-state index in [0.29, 0.717) is 6.61 Å². The Bertz CT molecular complexity index is 1600. The van der Waals surface area contributed by atoms with Gasteiger partial charge in [-0.15, -0.1) is 0 Å². The van der Waals surface area contributed by atoms with Gasteiger partial charge in [-0.05, 0) is 54.4 Å². The molecule has 0 aliphatic heterocycles. The maximum Gasteiger partial charge on any atom is 0.297 e. The van der Waals surface area contributed by atoms with Crippen LogP contribution in [0.2, 0.25) is 0 Å². The zero-order valence-corrected chi connectivity index (χ0v) is 21.8. The van der Waals surface area contributed by atoms with Gasteiger partial charge < -0.3 is 14.4 Å². The lowest BCUT2D eigenvalue weighted by Crippen LogP contribution is -2.30. The van der Waals surface area contributed by atoms with E-state index in [1.807, 2.05) is 103 Å². The highest BCUT2D eigenvalue weighted by atomic mass is 32.2. The van der Waals surface area contributed by atoms with Gasteiger partial charge in [0.1, 0.15) is 18.5 Å². The van der Waals surface area contributed by atoms with Crippen molar-refractivity contribution < 1.29 is 22.4 Å². The number of fused-ring (bicyclic) bond motifs is 1. The first-order valence-electron chi connectivity index (χ1n) is 12.4. The minimum atomic E-state index is -4.02. The summed E-state index contributed by atoms with van der Waals surface area (Å²) in [7, 11) is -4.02. The van der Waals surface area contributed by atoms with E-state index in [0.717, 1.165) is 33.3 Å². The SMILES string of the molecule is Cc1ccc(S(=O)(=O)OC[C@@H](O)[C@H](c2ccccc2)n2ccc3cc(OCc4ccccc4)ccc32)cc1. The van der Waals surface area contributed by atoms with Gasteiger partial charge in [0.2, 0.25) is 0 Å². The summed E-state index contributed by atoms with van der Waals surface area (Å²) in [6.07, 6.45) is 0.753. The van der Waals surface area contributed by atoms with Crippen LogP contribution in [0.4, 0.5) is 0 Å². The third-order valence-electron chi connectivity index (χ3n) is 6.45. The van der Waals surface area contributed by atoms with Crippen LogP contribution in [0.3, 0.4) is 0 Å². The van der Waals surface area contributed by atoms with Crippen LogP contribution in [0.15, 0.2) is 120 Å². The Morgan fingerprint density at radius 2 is 1.53 bits per heavy atom. The van der Waals surface area contributed by atoms with Crippen molar-refractivity contribution in [2.75, 3.05) is 6.61 Å². The number of nitrogens with zero attached hydrogens (tertiary/aromatic N) is 1. The van der Waals surface area contributed by atoms with Gasteiger partial charge in [0.25, 0.3) is 10.1 Å². The van der Waals surface area contributed by atoms with Crippen molar-refractivity contribution >= 4 is 21.0 Å². The molecule has 194 valence electrons. The highest BCUT2D eigenvalue weighted by Gasteiger charge is 2.27. The molecule has 38 heavy (non-hydrogen) atoms. The van der Waals surface area contributed by atoms with Gasteiger partial charge in [-0.1, -0.05) is 78.4 Å². The van der Waals surface area contributed by atoms with Gasteiger partial charge in [0, 0.05) is 17.1 Å². The maximum absolute atomic E-state index is 12.8. The summed E-state index contributed by atoms with van der Waals surface area (Å²) in [5, 5.41) is 12.2. The molecular weight excluding hydrogens is 498 g/mol. The molecule has 0 radical (unpaired) electrons. The van der Waals surface area contributed by atoms with Crippen molar-refractivity contribution in [1.82, 2.24) is 4.57 Å². The Morgan fingerprint density at radius 1 is 0.842 bits per heavy atom. The van der Waals surface area contributed by atoms with E-state index in [9.17, 15) is 13.5 Å². The molecule has 1 N–H and O–H groups in total. The van der Waals surface area contributed by atoms with Crippen LogP contribution in [0.5, 0.6) is 5.75 Å². The lowest BCUT2D eigenvalue weighted by molar-refractivity contribution is 0.0785. The summed E-state index contributed by atoms with van der Waals surface area (Å²) in [5.74, 6) is 0.739. The normalized spacial score (nSPS) is 13.3. The number of hydrogen-bond acceptors (Lipinski definition) is 5. The quantitative estimate of drug-likeness (QED) is 0.229. The number of aliphatic hydroxyl groups is 1. The maximum atomic E-state index is 12.8. The second-order valence-electron chi connectivity index (χ2n) is 9.19. The van der Waals surface area contributed by atoms with Crippen LogP contribution in [0, 0.1) is 6.92 Å². The second-order valence-corrected chi connectivity index (χ2v) is 10.8. The minimum absolute atomic E-state index is 0.0565. The topological polar surface area (TPSA) is 77.8 Å². The summed E-state index contributed by atoms with van der Waals surface area (Å²) in [6, 6.07) is 33.1. The summed E-state index contributed by atoms with van der Waals surface area (Å²) in [4.78, 5) is 0.0565. The molecule has 0 fully saturated rings. The number of rotatable bonds is 10. The Balaban J connectivity index is 1.39. The summed E-state index contributed by atoms with van der Waals surface area (Å²) >= 11 is 0. The van der Waals surface area contributed by atoms with Gasteiger partial charge in [0.15, 0.2) is 0 Å². The van der Waals surface area contributed by atoms with E-state index in [-0.39, 0.29) is 4.90 Å². The number of aliphatic hydroxyl groups excluding tert-OH is 1. The molecule has 5 rings (SSSR count). The molecule has 1 heterocycles. The van der Waals surface area contributed by atoms with Crippen LogP contribution in [0.1, 0.15) is 22.7 Å². The summed E-state index contributed by atoms with van der Waals surface area (Å²) in [6.45, 7) is 1.95. The van der Waals surface area contributed by atoms with Crippen molar-refractivity contribution in [2.24, 2.45) is 0 Å². The van der Waals surface area contributed by atoms with Gasteiger partial charge in [-0.3, -0.25) is 4.18 Å². The first-order valence-corrected chi connectivity index (χ1v) is 13.8. The monoisotopic (exact) mass is 527 g/mol. The van der Waals surface area contributed by atoms with E-state index in [2.05, 4.69) is 0 Å². The number of hydrogen-bond donors (Lipinski definition) is 1. The molecule has 0 bridgehead atoms. The van der Waals surface area contributed by atoms with Gasteiger partial charge in [0.05, 0.1) is 17.5 Å². The molecule has 4 aromatic carbocycles. The predicted octanol–water partition coefficient (Wildman–Crippen LogP) is 5.88. The van der Waals surface area contributed by atoms with Crippen molar-refractivity contribution in [3.63, 3.8) is 0 Å². The first-order chi connectivity index (χ1) is 18.4. The van der Waals surface area contributed by atoms with Crippen LogP contribution in [-0.2, 0) is 20.9 Å².